The zero-order chi connectivity index (χ0) is 14.5. The molecule has 1 aromatic heterocycles. The smallest absolute Gasteiger partial charge is 0.306 e. The molecule has 1 N–H and O–H groups in total. The number of alkyl halides is 3. The van der Waals surface area contributed by atoms with Crippen molar-refractivity contribution < 1.29 is 26.1 Å². The van der Waals surface area contributed by atoms with Gasteiger partial charge >= 0.3 is 15.6 Å². The Bertz CT molecular complexity index is 595. The number of halogens is 3. The van der Waals surface area contributed by atoms with E-state index in [4.69, 9.17) is 13.0 Å². The Hall–Kier alpha value is -1.87. The van der Waals surface area contributed by atoms with Gasteiger partial charge in [0.2, 0.25) is 0 Å². The third kappa shape index (κ3) is 4.72. The fraction of sp³-hybridized carbons (Fsp3) is 0.100. The predicted molar refractivity (Wildman–Crippen MR) is 61.2 cm³/mol. The lowest BCUT2D eigenvalue weighted by molar-refractivity contribution is -0.0510. The summed E-state index contributed by atoms with van der Waals surface area (Å²) in [5, 5.41) is 0. The molecule has 9 heteroatoms. The fourth-order valence-electron chi connectivity index (χ4n) is 1.01. The summed E-state index contributed by atoms with van der Waals surface area (Å²) in [4.78, 5) is 3.96. The lowest BCUT2D eigenvalue weighted by Crippen LogP contribution is -2.21. The van der Waals surface area contributed by atoms with Crippen molar-refractivity contribution >= 4 is 10.1 Å². The highest BCUT2D eigenvalue weighted by Gasteiger charge is 2.44. The Morgan fingerprint density at radius 3 is 2.05 bits per heavy atom. The monoisotopic (exact) mass is 294 g/mol. The standard InChI is InChI=1S/C9H8N2.CHF3O3S/c1-2-4-9(5-3-1)11-7-6-10-8-11;2-1(3,4)8(5,6)7/h1-8H;(H,5,6,7). The molecule has 0 amide bonds. The second-order valence-electron chi connectivity index (χ2n) is 3.23. The number of imidazole rings is 1. The highest BCUT2D eigenvalue weighted by Crippen LogP contribution is 2.20. The van der Waals surface area contributed by atoms with Crippen LogP contribution in [0.15, 0.2) is 49.1 Å². The summed E-state index contributed by atoms with van der Waals surface area (Å²) in [6.45, 7) is 0. The molecule has 0 saturated carbocycles. The summed E-state index contributed by atoms with van der Waals surface area (Å²) in [5.41, 5.74) is -4.39. The molecule has 0 bridgehead atoms. The lowest BCUT2D eigenvalue weighted by Gasteiger charge is -1.98. The van der Waals surface area contributed by atoms with Crippen molar-refractivity contribution in [3.8, 4) is 5.69 Å². The molecule has 19 heavy (non-hydrogen) atoms. The average molecular weight is 294 g/mol. The maximum atomic E-state index is 10.7. The molecule has 0 atom stereocenters. The van der Waals surface area contributed by atoms with Gasteiger partial charge in [-0.25, -0.2) is 4.98 Å². The molecule has 2 aromatic rings. The SMILES string of the molecule is O=S(=O)(O)C(F)(F)F.c1ccc(-n2ccnc2)cc1. The Morgan fingerprint density at radius 2 is 1.68 bits per heavy atom. The third-order valence-corrected chi connectivity index (χ3v) is 2.44. The van der Waals surface area contributed by atoms with Crippen LogP contribution >= 0.6 is 0 Å². The minimum atomic E-state index is -5.84. The highest BCUT2D eigenvalue weighted by molar-refractivity contribution is 7.86. The van der Waals surface area contributed by atoms with E-state index in [9.17, 15) is 13.2 Å². The van der Waals surface area contributed by atoms with E-state index < -0.39 is 15.6 Å². The summed E-state index contributed by atoms with van der Waals surface area (Å²) in [7, 11) is -5.84. The van der Waals surface area contributed by atoms with Crippen LogP contribution in [-0.4, -0.2) is 28.0 Å². The first kappa shape index (κ1) is 15.2. The van der Waals surface area contributed by atoms with E-state index in [1.165, 1.54) is 0 Å². The van der Waals surface area contributed by atoms with Gasteiger partial charge in [0.1, 0.15) is 0 Å². The van der Waals surface area contributed by atoms with Gasteiger partial charge in [-0.15, -0.1) is 0 Å². The minimum Gasteiger partial charge on any atom is -0.306 e. The lowest BCUT2D eigenvalue weighted by atomic mass is 10.3. The zero-order valence-electron chi connectivity index (χ0n) is 9.32. The van der Waals surface area contributed by atoms with Crippen molar-refractivity contribution in [2.45, 2.75) is 5.51 Å². The van der Waals surface area contributed by atoms with Crippen molar-refractivity contribution in [3.63, 3.8) is 0 Å². The molecule has 0 unspecified atom stereocenters. The number of benzene rings is 1. The fourth-order valence-corrected chi connectivity index (χ4v) is 1.01. The molecule has 0 radical (unpaired) electrons. The summed E-state index contributed by atoms with van der Waals surface area (Å²) < 4.78 is 59.5. The van der Waals surface area contributed by atoms with E-state index in [-0.39, 0.29) is 0 Å². The molecule has 5 nitrogen and oxygen atoms in total. The molecule has 0 saturated heterocycles. The van der Waals surface area contributed by atoms with E-state index in [2.05, 4.69) is 4.98 Å². The van der Waals surface area contributed by atoms with Gasteiger partial charge in [0, 0.05) is 18.1 Å². The molecule has 2 rings (SSSR count). The van der Waals surface area contributed by atoms with Crippen LogP contribution in [0.3, 0.4) is 0 Å². The van der Waals surface area contributed by atoms with Crippen LogP contribution in [0.1, 0.15) is 0 Å². The van der Waals surface area contributed by atoms with Gasteiger partial charge in [-0.3, -0.25) is 4.55 Å². The van der Waals surface area contributed by atoms with Gasteiger partial charge in [0.05, 0.1) is 6.33 Å². The molecule has 104 valence electrons. The average Bonchev–Trinajstić information content (AvgIpc) is 2.81. The highest BCUT2D eigenvalue weighted by atomic mass is 32.2. The Labute approximate surface area is 107 Å². The maximum Gasteiger partial charge on any atom is 0.522 e. The second kappa shape index (κ2) is 5.85. The maximum absolute atomic E-state index is 10.7. The first-order valence-electron chi connectivity index (χ1n) is 4.79. The van der Waals surface area contributed by atoms with E-state index in [0.717, 1.165) is 5.69 Å². The Balaban J connectivity index is 0.000000203. The number of nitrogens with zero attached hydrogens (tertiary/aromatic N) is 2. The number of hydrogen-bond acceptors (Lipinski definition) is 3. The van der Waals surface area contributed by atoms with Crippen LogP contribution < -0.4 is 0 Å². The van der Waals surface area contributed by atoms with Crippen LogP contribution in [0.4, 0.5) is 13.2 Å². The van der Waals surface area contributed by atoms with Crippen molar-refractivity contribution in [2.24, 2.45) is 0 Å². The molecule has 0 spiro atoms. The van der Waals surface area contributed by atoms with E-state index in [1.54, 1.807) is 12.5 Å². The first-order chi connectivity index (χ1) is 8.72. The van der Waals surface area contributed by atoms with Gasteiger partial charge in [-0.05, 0) is 12.1 Å². The normalized spacial score (nSPS) is 11.6. The van der Waals surface area contributed by atoms with Crippen LogP contribution in [0.2, 0.25) is 0 Å². The number of rotatable bonds is 1. The molecule has 0 aliphatic rings. The van der Waals surface area contributed by atoms with Crippen LogP contribution in [0, 0.1) is 0 Å². The molecule has 1 aromatic carbocycles. The van der Waals surface area contributed by atoms with Gasteiger partial charge < -0.3 is 4.57 Å². The first-order valence-corrected chi connectivity index (χ1v) is 6.23. The molecule has 0 aliphatic heterocycles. The summed E-state index contributed by atoms with van der Waals surface area (Å²) >= 11 is 0. The molecular weight excluding hydrogens is 285 g/mol. The number of para-hydroxylation sites is 1. The van der Waals surface area contributed by atoms with Crippen LogP contribution in [-0.2, 0) is 10.1 Å². The predicted octanol–water partition coefficient (Wildman–Crippen LogP) is 2.27. The van der Waals surface area contributed by atoms with E-state index in [0.29, 0.717) is 0 Å². The van der Waals surface area contributed by atoms with E-state index >= 15 is 0 Å². The molecule has 0 aliphatic carbocycles. The number of hydrogen-bond donors (Lipinski definition) is 1. The molecule has 0 fully saturated rings. The zero-order valence-corrected chi connectivity index (χ0v) is 10.1. The van der Waals surface area contributed by atoms with E-state index in [1.807, 2.05) is 41.1 Å². The van der Waals surface area contributed by atoms with Crippen LogP contribution in [0.5, 0.6) is 0 Å². The summed E-state index contributed by atoms with van der Waals surface area (Å²) in [6.07, 6.45) is 5.48. The Kier molecular flexibility index (Phi) is 4.67. The quantitative estimate of drug-likeness (QED) is 0.647. The van der Waals surface area contributed by atoms with Crippen molar-refractivity contribution in [1.82, 2.24) is 9.55 Å². The topological polar surface area (TPSA) is 72.2 Å². The van der Waals surface area contributed by atoms with Gasteiger partial charge in [0.15, 0.2) is 0 Å². The van der Waals surface area contributed by atoms with Gasteiger partial charge in [-0.2, -0.15) is 21.6 Å². The largest absolute Gasteiger partial charge is 0.522 e. The third-order valence-electron chi connectivity index (χ3n) is 1.85. The molecule has 1 heterocycles. The van der Waals surface area contributed by atoms with Crippen LogP contribution in [0.25, 0.3) is 5.69 Å². The summed E-state index contributed by atoms with van der Waals surface area (Å²) in [5.74, 6) is 0. The van der Waals surface area contributed by atoms with Crippen molar-refractivity contribution in [1.29, 1.82) is 0 Å². The number of aromatic nitrogens is 2. The van der Waals surface area contributed by atoms with Crippen molar-refractivity contribution in [3.05, 3.63) is 49.1 Å². The second-order valence-corrected chi connectivity index (χ2v) is 4.64. The van der Waals surface area contributed by atoms with Crippen molar-refractivity contribution in [2.75, 3.05) is 0 Å². The molecular formula is C10H9F3N2O3S. The van der Waals surface area contributed by atoms with Gasteiger partial charge in [0.25, 0.3) is 0 Å². The minimum absolute atomic E-state index is 1.14. The van der Waals surface area contributed by atoms with Gasteiger partial charge in [-0.1, -0.05) is 18.2 Å². The Morgan fingerprint density at radius 1 is 1.16 bits per heavy atom. The summed E-state index contributed by atoms with van der Waals surface area (Å²) in [6, 6.07) is 10.1.